The Kier molecular flexibility index (Phi) is 2.60. The highest BCUT2D eigenvalue weighted by Gasteiger charge is 2.47. The summed E-state index contributed by atoms with van der Waals surface area (Å²) < 4.78 is 4.94. The van der Waals surface area contributed by atoms with Gasteiger partial charge >= 0.3 is 0 Å². The molecule has 0 aromatic heterocycles. The minimum Gasteiger partial charge on any atom is -0.368 e. The molecule has 4 heteroatoms. The van der Waals surface area contributed by atoms with Crippen LogP contribution in [0.25, 0.3) is 0 Å². The van der Waals surface area contributed by atoms with Crippen molar-refractivity contribution in [2.45, 2.75) is 18.8 Å². The molecule has 2 bridgehead atoms. The number of methoxy groups -OCH3 is 1. The van der Waals surface area contributed by atoms with Crippen molar-refractivity contribution >= 4 is 11.8 Å². The van der Waals surface area contributed by atoms with Gasteiger partial charge in [-0.25, -0.2) is 4.84 Å². The van der Waals surface area contributed by atoms with Crippen molar-refractivity contribution in [3.05, 3.63) is 12.2 Å². The molecule has 5 unspecified atom stereocenters. The lowest BCUT2D eigenvalue weighted by atomic mass is 9.89. The summed E-state index contributed by atoms with van der Waals surface area (Å²) in [7, 11) is 1.52. The Balaban J connectivity index is 2.13. The van der Waals surface area contributed by atoms with Crippen molar-refractivity contribution in [1.82, 2.24) is 4.84 Å². The van der Waals surface area contributed by atoms with Crippen LogP contribution in [-0.2, 0) is 4.74 Å². The first-order valence-electron chi connectivity index (χ1n) is 4.53. The highest BCUT2D eigenvalue weighted by Crippen LogP contribution is 2.45. The van der Waals surface area contributed by atoms with Gasteiger partial charge in [0.2, 0.25) is 0 Å². The summed E-state index contributed by atoms with van der Waals surface area (Å²) in [5.74, 6) is 0.964. The van der Waals surface area contributed by atoms with Crippen LogP contribution in [0.3, 0.4) is 0 Å². The summed E-state index contributed by atoms with van der Waals surface area (Å²) in [6.45, 7) is 0. The number of aliphatic hydroxyl groups excluding tert-OH is 1. The number of hydrogen-bond donors (Lipinski definition) is 2. The van der Waals surface area contributed by atoms with Crippen molar-refractivity contribution in [1.29, 1.82) is 0 Å². The van der Waals surface area contributed by atoms with E-state index >= 15 is 0 Å². The third-order valence-corrected chi connectivity index (χ3v) is 3.47. The van der Waals surface area contributed by atoms with Gasteiger partial charge in [0.25, 0.3) is 0 Å². The minimum absolute atomic E-state index is 0.0949. The van der Waals surface area contributed by atoms with Crippen LogP contribution in [-0.4, -0.2) is 24.5 Å². The second-order valence-corrected chi connectivity index (χ2v) is 4.01. The first kappa shape index (κ1) is 9.46. The zero-order valence-corrected chi connectivity index (χ0v) is 8.24. The predicted molar refractivity (Wildman–Crippen MR) is 50.0 cm³/mol. The molecule has 0 aliphatic heterocycles. The second-order valence-electron chi connectivity index (χ2n) is 3.79. The maximum Gasteiger partial charge on any atom is 0.159 e. The van der Waals surface area contributed by atoms with E-state index in [0.717, 1.165) is 6.42 Å². The Labute approximate surface area is 82.8 Å². The Morgan fingerprint density at radius 1 is 1.54 bits per heavy atom. The van der Waals surface area contributed by atoms with E-state index in [2.05, 4.69) is 17.0 Å². The predicted octanol–water partition coefficient (Wildman–Crippen LogP) is 0.885. The fourth-order valence-electron chi connectivity index (χ4n) is 2.56. The number of hydrogen-bond acceptors (Lipinski definition) is 3. The van der Waals surface area contributed by atoms with Crippen molar-refractivity contribution < 1.29 is 9.84 Å². The van der Waals surface area contributed by atoms with Crippen molar-refractivity contribution in [3.8, 4) is 0 Å². The Morgan fingerprint density at radius 2 is 2.23 bits per heavy atom. The quantitative estimate of drug-likeness (QED) is 0.407. The molecule has 0 heterocycles. The lowest BCUT2D eigenvalue weighted by molar-refractivity contribution is -0.123. The number of allylic oxidation sites excluding steroid dienone is 1. The molecular weight excluding hydrogens is 190 g/mol. The molecular formula is C9H14ClNO2. The summed E-state index contributed by atoms with van der Waals surface area (Å²) in [6.07, 6.45) is 4.69. The van der Waals surface area contributed by atoms with Crippen LogP contribution in [0.15, 0.2) is 12.2 Å². The molecule has 0 saturated heterocycles. The van der Waals surface area contributed by atoms with E-state index in [0.29, 0.717) is 11.8 Å². The van der Waals surface area contributed by atoms with Gasteiger partial charge in [-0.15, -0.1) is 0 Å². The van der Waals surface area contributed by atoms with Gasteiger partial charge in [-0.05, 0) is 30.0 Å². The molecule has 0 aromatic rings. The normalized spacial score (nSPS) is 44.2. The summed E-state index contributed by atoms with van der Waals surface area (Å²) >= 11 is 5.65. The van der Waals surface area contributed by atoms with E-state index in [1.165, 1.54) is 7.11 Å². The smallest absolute Gasteiger partial charge is 0.159 e. The highest BCUT2D eigenvalue weighted by molar-refractivity contribution is 6.13. The molecule has 2 aliphatic rings. The van der Waals surface area contributed by atoms with Crippen molar-refractivity contribution in [3.63, 3.8) is 0 Å². The fraction of sp³-hybridized carbons (Fsp3) is 0.778. The Bertz CT molecular complexity index is 222. The number of halogens is 1. The number of nitrogens with one attached hydrogen (secondary N) is 1. The number of ether oxygens (including phenoxy) is 1. The van der Waals surface area contributed by atoms with Crippen molar-refractivity contribution in [2.24, 2.45) is 17.8 Å². The minimum atomic E-state index is -0.712. The van der Waals surface area contributed by atoms with E-state index in [1.807, 2.05) is 0 Å². The molecule has 2 rings (SSSR count). The summed E-state index contributed by atoms with van der Waals surface area (Å²) in [6, 6.07) is 0.145. The standard InChI is InChI=1S/C9H14ClNO2/c1-13-9(12)7-5-2-3-6(4-5)8(7)11-10/h2-3,5-9,11-12H,4H2,1H3. The number of fused-ring (bicyclic) bond motifs is 2. The third-order valence-electron chi connectivity index (χ3n) is 3.22. The molecule has 0 aromatic carbocycles. The molecule has 1 fully saturated rings. The van der Waals surface area contributed by atoms with E-state index in [4.69, 9.17) is 16.5 Å². The van der Waals surface area contributed by atoms with Gasteiger partial charge in [-0.2, -0.15) is 0 Å². The summed E-state index contributed by atoms with van der Waals surface area (Å²) in [5.41, 5.74) is 0. The second kappa shape index (κ2) is 3.58. The average Bonchev–Trinajstić information content (AvgIpc) is 2.74. The van der Waals surface area contributed by atoms with Crippen LogP contribution in [0.1, 0.15) is 6.42 Å². The lowest BCUT2D eigenvalue weighted by Crippen LogP contribution is -2.41. The molecule has 2 aliphatic carbocycles. The van der Waals surface area contributed by atoms with Crippen LogP contribution in [0.2, 0.25) is 0 Å². The van der Waals surface area contributed by atoms with E-state index < -0.39 is 6.29 Å². The van der Waals surface area contributed by atoms with E-state index in [1.54, 1.807) is 0 Å². The molecule has 2 N–H and O–H groups in total. The Hall–Kier alpha value is -0.0900. The first-order valence-corrected chi connectivity index (χ1v) is 4.91. The zero-order valence-electron chi connectivity index (χ0n) is 7.48. The van der Waals surface area contributed by atoms with E-state index in [-0.39, 0.29) is 12.0 Å². The summed E-state index contributed by atoms with van der Waals surface area (Å²) in [5, 5.41) is 9.63. The Morgan fingerprint density at radius 3 is 2.85 bits per heavy atom. The van der Waals surface area contributed by atoms with Gasteiger partial charge in [-0.3, -0.25) is 0 Å². The largest absolute Gasteiger partial charge is 0.368 e. The first-order chi connectivity index (χ1) is 6.27. The van der Waals surface area contributed by atoms with Crippen molar-refractivity contribution in [2.75, 3.05) is 7.11 Å². The molecule has 1 saturated carbocycles. The zero-order chi connectivity index (χ0) is 9.42. The van der Waals surface area contributed by atoms with E-state index in [9.17, 15) is 5.11 Å². The van der Waals surface area contributed by atoms with Gasteiger partial charge in [0.05, 0.1) is 0 Å². The molecule has 13 heavy (non-hydrogen) atoms. The fourth-order valence-corrected chi connectivity index (χ4v) is 2.87. The maximum atomic E-state index is 9.63. The van der Waals surface area contributed by atoms with Crippen LogP contribution in [0, 0.1) is 17.8 Å². The molecule has 0 radical (unpaired) electrons. The number of rotatable bonds is 3. The molecule has 3 nitrogen and oxygen atoms in total. The van der Waals surface area contributed by atoms with Gasteiger partial charge in [0.15, 0.2) is 6.29 Å². The van der Waals surface area contributed by atoms with Crippen LogP contribution in [0.5, 0.6) is 0 Å². The molecule has 5 atom stereocenters. The van der Waals surface area contributed by atoms with Gasteiger partial charge in [0, 0.05) is 19.1 Å². The SMILES string of the molecule is COC(O)C1C2C=CC(C2)C1NCl. The molecule has 74 valence electrons. The van der Waals surface area contributed by atoms with Crippen LogP contribution >= 0.6 is 11.8 Å². The lowest BCUT2D eigenvalue weighted by Gasteiger charge is -2.29. The van der Waals surface area contributed by atoms with Gasteiger partial charge in [-0.1, -0.05) is 12.2 Å². The average molecular weight is 204 g/mol. The van der Waals surface area contributed by atoms with Crippen LogP contribution in [0.4, 0.5) is 0 Å². The number of aliphatic hydroxyl groups is 1. The van der Waals surface area contributed by atoms with Gasteiger partial charge < -0.3 is 9.84 Å². The summed E-state index contributed by atoms with van der Waals surface area (Å²) in [4.78, 5) is 2.74. The molecule has 0 amide bonds. The molecule has 0 spiro atoms. The topological polar surface area (TPSA) is 41.5 Å². The monoisotopic (exact) mass is 203 g/mol. The third kappa shape index (κ3) is 1.40. The maximum absolute atomic E-state index is 9.63. The highest BCUT2D eigenvalue weighted by atomic mass is 35.5. The van der Waals surface area contributed by atoms with Crippen LogP contribution < -0.4 is 4.84 Å². The van der Waals surface area contributed by atoms with Gasteiger partial charge in [0.1, 0.15) is 0 Å².